The zero-order valence-electron chi connectivity index (χ0n) is 7.12. The highest BCUT2D eigenvalue weighted by atomic mass is 16.3. The van der Waals surface area contributed by atoms with Crippen LogP contribution in [0.4, 0.5) is 0 Å². The van der Waals surface area contributed by atoms with Gasteiger partial charge in [0.25, 0.3) is 0 Å². The number of nitrogens with one attached hydrogen (secondary N) is 1. The van der Waals surface area contributed by atoms with E-state index in [1.165, 1.54) is 0 Å². The summed E-state index contributed by atoms with van der Waals surface area (Å²) >= 11 is 0. The molecule has 1 aromatic rings. The van der Waals surface area contributed by atoms with Crippen LogP contribution in [-0.4, -0.2) is 26.9 Å². The molecule has 1 rings (SSSR count). The highest BCUT2D eigenvalue weighted by Gasteiger charge is 2.09. The SMILES string of the molecule is CCCc1nc([C@H](N)CO)n[nH]1. The Labute approximate surface area is 71.0 Å². The summed E-state index contributed by atoms with van der Waals surface area (Å²) in [7, 11) is 0. The van der Waals surface area contributed by atoms with Gasteiger partial charge in [0, 0.05) is 6.42 Å². The number of aryl methyl sites for hydroxylation is 1. The summed E-state index contributed by atoms with van der Waals surface area (Å²) in [6.07, 6.45) is 1.88. The third-order valence-electron chi connectivity index (χ3n) is 1.56. The number of aliphatic hydroxyl groups excluding tert-OH is 1. The monoisotopic (exact) mass is 170 g/mol. The number of H-pyrrole nitrogens is 1. The van der Waals surface area contributed by atoms with Crippen molar-refractivity contribution in [2.75, 3.05) is 6.61 Å². The van der Waals surface area contributed by atoms with Crippen LogP contribution >= 0.6 is 0 Å². The molecule has 0 amide bonds. The van der Waals surface area contributed by atoms with Crippen molar-refractivity contribution >= 4 is 0 Å². The summed E-state index contributed by atoms with van der Waals surface area (Å²) in [5, 5.41) is 15.4. The molecule has 4 N–H and O–H groups in total. The number of aliphatic hydroxyl groups is 1. The number of rotatable bonds is 4. The van der Waals surface area contributed by atoms with E-state index in [0.29, 0.717) is 5.82 Å². The fourth-order valence-corrected chi connectivity index (χ4v) is 0.906. The van der Waals surface area contributed by atoms with Crippen LogP contribution < -0.4 is 5.73 Å². The minimum absolute atomic E-state index is 0.122. The van der Waals surface area contributed by atoms with Crippen LogP contribution in [0.3, 0.4) is 0 Å². The van der Waals surface area contributed by atoms with Gasteiger partial charge in [0.15, 0.2) is 5.82 Å². The van der Waals surface area contributed by atoms with Crippen molar-refractivity contribution in [3.63, 3.8) is 0 Å². The molecule has 68 valence electrons. The van der Waals surface area contributed by atoms with Crippen molar-refractivity contribution in [3.05, 3.63) is 11.6 Å². The van der Waals surface area contributed by atoms with E-state index in [9.17, 15) is 0 Å². The second kappa shape index (κ2) is 4.18. The van der Waals surface area contributed by atoms with Crippen LogP contribution in [-0.2, 0) is 6.42 Å². The molecular weight excluding hydrogens is 156 g/mol. The lowest BCUT2D eigenvalue weighted by Gasteiger charge is -1.99. The van der Waals surface area contributed by atoms with E-state index >= 15 is 0 Å². The van der Waals surface area contributed by atoms with Crippen LogP contribution in [0.5, 0.6) is 0 Å². The van der Waals surface area contributed by atoms with Gasteiger partial charge in [-0.05, 0) is 6.42 Å². The maximum atomic E-state index is 8.71. The summed E-state index contributed by atoms with van der Waals surface area (Å²) in [4.78, 5) is 4.12. The molecule has 12 heavy (non-hydrogen) atoms. The molecule has 5 heteroatoms. The zero-order chi connectivity index (χ0) is 8.97. The van der Waals surface area contributed by atoms with Crippen LogP contribution in [0, 0.1) is 0 Å². The molecule has 0 spiro atoms. The number of aromatic amines is 1. The molecule has 0 aliphatic carbocycles. The smallest absolute Gasteiger partial charge is 0.169 e. The van der Waals surface area contributed by atoms with Gasteiger partial charge in [-0.3, -0.25) is 5.10 Å². The molecule has 1 aromatic heterocycles. The molecule has 0 aliphatic rings. The van der Waals surface area contributed by atoms with Crippen molar-refractivity contribution < 1.29 is 5.11 Å². The van der Waals surface area contributed by atoms with Crippen LogP contribution in [0.2, 0.25) is 0 Å². The Morgan fingerprint density at radius 3 is 3.00 bits per heavy atom. The Balaban J connectivity index is 2.63. The zero-order valence-corrected chi connectivity index (χ0v) is 7.12. The molecule has 0 saturated carbocycles. The highest BCUT2D eigenvalue weighted by molar-refractivity contribution is 4.95. The summed E-state index contributed by atoms with van der Waals surface area (Å²) in [6.45, 7) is 1.94. The number of aromatic nitrogens is 3. The van der Waals surface area contributed by atoms with Gasteiger partial charge in [-0.1, -0.05) is 6.92 Å². The van der Waals surface area contributed by atoms with Crippen molar-refractivity contribution in [1.29, 1.82) is 0 Å². The maximum absolute atomic E-state index is 8.71. The fourth-order valence-electron chi connectivity index (χ4n) is 0.906. The normalized spacial score (nSPS) is 13.2. The lowest BCUT2D eigenvalue weighted by Crippen LogP contribution is -2.16. The molecule has 1 heterocycles. The van der Waals surface area contributed by atoms with Gasteiger partial charge in [-0.15, -0.1) is 0 Å². The van der Waals surface area contributed by atoms with Crippen LogP contribution in [0.25, 0.3) is 0 Å². The van der Waals surface area contributed by atoms with E-state index in [-0.39, 0.29) is 6.61 Å². The minimum atomic E-state index is -0.466. The molecule has 0 fully saturated rings. The summed E-state index contributed by atoms with van der Waals surface area (Å²) in [6, 6.07) is -0.466. The molecule has 0 unspecified atom stereocenters. The number of nitrogens with two attached hydrogens (primary N) is 1. The Kier molecular flexibility index (Phi) is 3.19. The number of nitrogens with zero attached hydrogens (tertiary/aromatic N) is 2. The van der Waals surface area contributed by atoms with Gasteiger partial charge >= 0.3 is 0 Å². The summed E-state index contributed by atoms with van der Waals surface area (Å²) in [5.74, 6) is 1.32. The third kappa shape index (κ3) is 2.02. The second-order valence-corrected chi connectivity index (χ2v) is 2.68. The van der Waals surface area contributed by atoms with E-state index in [4.69, 9.17) is 10.8 Å². The average Bonchev–Trinajstić information content (AvgIpc) is 2.52. The van der Waals surface area contributed by atoms with Gasteiger partial charge in [-0.2, -0.15) is 5.10 Å². The summed E-state index contributed by atoms with van der Waals surface area (Å²) < 4.78 is 0. The molecule has 1 atom stereocenters. The topological polar surface area (TPSA) is 87.8 Å². The first-order chi connectivity index (χ1) is 5.77. The minimum Gasteiger partial charge on any atom is -0.394 e. The predicted octanol–water partition coefficient (Wildman–Crippen LogP) is -0.251. The molecule has 0 aliphatic heterocycles. The molecule has 0 saturated heterocycles. The van der Waals surface area contributed by atoms with Gasteiger partial charge in [0.1, 0.15) is 5.82 Å². The Morgan fingerprint density at radius 1 is 1.67 bits per heavy atom. The van der Waals surface area contributed by atoms with Crippen molar-refractivity contribution in [3.8, 4) is 0 Å². The first-order valence-corrected chi connectivity index (χ1v) is 4.05. The van der Waals surface area contributed by atoms with Gasteiger partial charge in [-0.25, -0.2) is 4.98 Å². The van der Waals surface area contributed by atoms with Crippen molar-refractivity contribution in [2.45, 2.75) is 25.8 Å². The first kappa shape index (κ1) is 9.15. The van der Waals surface area contributed by atoms with Crippen LogP contribution in [0.15, 0.2) is 0 Å². The maximum Gasteiger partial charge on any atom is 0.169 e. The van der Waals surface area contributed by atoms with Crippen molar-refractivity contribution in [2.24, 2.45) is 5.73 Å². The lowest BCUT2D eigenvalue weighted by molar-refractivity contribution is 0.263. The quantitative estimate of drug-likeness (QED) is 0.581. The molecule has 0 aromatic carbocycles. The van der Waals surface area contributed by atoms with Gasteiger partial charge < -0.3 is 10.8 Å². The second-order valence-electron chi connectivity index (χ2n) is 2.68. The molecule has 0 bridgehead atoms. The predicted molar refractivity (Wildman–Crippen MR) is 44.4 cm³/mol. The Hall–Kier alpha value is -0.940. The molecule has 5 nitrogen and oxygen atoms in total. The van der Waals surface area contributed by atoms with Crippen molar-refractivity contribution in [1.82, 2.24) is 15.2 Å². The first-order valence-electron chi connectivity index (χ1n) is 4.05. The fraction of sp³-hybridized carbons (Fsp3) is 0.714. The van der Waals surface area contributed by atoms with E-state index in [1.807, 2.05) is 0 Å². The third-order valence-corrected chi connectivity index (χ3v) is 1.56. The Morgan fingerprint density at radius 2 is 2.42 bits per heavy atom. The largest absolute Gasteiger partial charge is 0.394 e. The van der Waals surface area contributed by atoms with Crippen LogP contribution in [0.1, 0.15) is 31.0 Å². The van der Waals surface area contributed by atoms with E-state index in [2.05, 4.69) is 22.1 Å². The molecule has 0 radical (unpaired) electrons. The van der Waals surface area contributed by atoms with E-state index < -0.39 is 6.04 Å². The van der Waals surface area contributed by atoms with E-state index in [0.717, 1.165) is 18.7 Å². The number of hydrogen-bond donors (Lipinski definition) is 3. The molecular formula is C7H14N4O. The number of hydrogen-bond acceptors (Lipinski definition) is 4. The van der Waals surface area contributed by atoms with Gasteiger partial charge in [0.2, 0.25) is 0 Å². The Bertz CT molecular complexity index is 235. The lowest BCUT2D eigenvalue weighted by atomic mass is 10.3. The standard InChI is InChI=1S/C7H14N4O/c1-2-3-6-9-7(11-10-6)5(8)4-12/h5,12H,2-4,8H2,1H3,(H,9,10,11)/t5-/m1/s1. The van der Waals surface area contributed by atoms with Gasteiger partial charge in [0.05, 0.1) is 12.6 Å². The highest BCUT2D eigenvalue weighted by Crippen LogP contribution is 2.03. The average molecular weight is 170 g/mol. The van der Waals surface area contributed by atoms with E-state index in [1.54, 1.807) is 0 Å². The summed E-state index contributed by atoms with van der Waals surface area (Å²) in [5.41, 5.74) is 5.51.